The summed E-state index contributed by atoms with van der Waals surface area (Å²) >= 11 is 12.3. The number of nitrogens with one attached hydrogen (secondary N) is 1. The van der Waals surface area contributed by atoms with E-state index in [-0.39, 0.29) is 0 Å². The van der Waals surface area contributed by atoms with Crippen LogP contribution in [0.3, 0.4) is 0 Å². The van der Waals surface area contributed by atoms with Crippen molar-refractivity contribution in [3.05, 3.63) is 33.8 Å². The fourth-order valence-corrected chi connectivity index (χ4v) is 4.38. The first-order valence-corrected chi connectivity index (χ1v) is 7.60. The maximum atomic E-state index is 6.35. The standard InChI is InChI=1S/C15H19Cl2N/c1-18-15(12-7-6-9(16)8-13(12)17)14-10-4-2-3-5-11(10)14/h6-8,10-11,14-15,18H,2-5H2,1H3. The SMILES string of the molecule is CNC(c1ccc(Cl)cc1Cl)C1C2CCCCC21. The molecule has 0 heterocycles. The van der Waals surface area contributed by atoms with Crippen LogP contribution in [0.4, 0.5) is 0 Å². The molecule has 0 spiro atoms. The molecule has 2 saturated carbocycles. The molecule has 1 N–H and O–H groups in total. The van der Waals surface area contributed by atoms with Crippen molar-refractivity contribution < 1.29 is 0 Å². The van der Waals surface area contributed by atoms with Crippen LogP contribution in [-0.4, -0.2) is 7.05 Å². The van der Waals surface area contributed by atoms with Crippen LogP contribution < -0.4 is 5.32 Å². The molecule has 1 aromatic carbocycles. The predicted molar refractivity (Wildman–Crippen MR) is 77.2 cm³/mol. The molecule has 0 aromatic heterocycles. The van der Waals surface area contributed by atoms with Gasteiger partial charge in [-0.1, -0.05) is 42.1 Å². The molecular formula is C15H19Cl2N. The van der Waals surface area contributed by atoms with Gasteiger partial charge in [0, 0.05) is 16.1 Å². The highest BCUT2D eigenvalue weighted by Gasteiger charge is 2.54. The topological polar surface area (TPSA) is 12.0 Å². The third-order valence-electron chi connectivity index (χ3n) is 4.72. The number of hydrogen-bond donors (Lipinski definition) is 1. The Hall–Kier alpha value is -0.240. The summed E-state index contributed by atoms with van der Waals surface area (Å²) in [7, 11) is 2.04. The second-order valence-electron chi connectivity index (χ2n) is 5.62. The summed E-state index contributed by atoms with van der Waals surface area (Å²) in [5, 5.41) is 4.98. The maximum Gasteiger partial charge on any atom is 0.0468 e. The molecule has 18 heavy (non-hydrogen) atoms. The van der Waals surface area contributed by atoms with Gasteiger partial charge in [-0.05, 0) is 55.3 Å². The Bertz CT molecular complexity index is 434. The number of rotatable bonds is 3. The highest BCUT2D eigenvalue weighted by atomic mass is 35.5. The minimum atomic E-state index is 0.392. The van der Waals surface area contributed by atoms with E-state index in [0.717, 1.165) is 22.8 Å². The second kappa shape index (κ2) is 5.03. The van der Waals surface area contributed by atoms with Crippen LogP contribution in [0.25, 0.3) is 0 Å². The zero-order chi connectivity index (χ0) is 12.7. The molecule has 0 amide bonds. The van der Waals surface area contributed by atoms with Crippen molar-refractivity contribution in [2.45, 2.75) is 31.7 Å². The van der Waals surface area contributed by atoms with Crippen molar-refractivity contribution in [3.63, 3.8) is 0 Å². The van der Waals surface area contributed by atoms with Crippen LogP contribution >= 0.6 is 23.2 Å². The summed E-state index contributed by atoms with van der Waals surface area (Å²) in [6.45, 7) is 0. The van der Waals surface area contributed by atoms with E-state index in [9.17, 15) is 0 Å². The van der Waals surface area contributed by atoms with E-state index in [1.54, 1.807) is 0 Å². The third-order valence-corrected chi connectivity index (χ3v) is 5.28. The van der Waals surface area contributed by atoms with E-state index >= 15 is 0 Å². The summed E-state index contributed by atoms with van der Waals surface area (Å²) in [5.41, 5.74) is 1.21. The minimum absolute atomic E-state index is 0.392. The first-order valence-electron chi connectivity index (χ1n) is 6.84. The molecule has 2 aliphatic rings. The van der Waals surface area contributed by atoms with Crippen molar-refractivity contribution in [1.82, 2.24) is 5.32 Å². The molecule has 0 radical (unpaired) electrons. The van der Waals surface area contributed by atoms with Crippen molar-refractivity contribution in [1.29, 1.82) is 0 Å². The van der Waals surface area contributed by atoms with Gasteiger partial charge in [0.1, 0.15) is 0 Å². The van der Waals surface area contributed by atoms with Gasteiger partial charge in [0.05, 0.1) is 0 Å². The molecule has 0 aliphatic heterocycles. The Balaban J connectivity index is 1.84. The molecule has 3 heteroatoms. The van der Waals surface area contributed by atoms with Gasteiger partial charge in [-0.3, -0.25) is 0 Å². The van der Waals surface area contributed by atoms with Gasteiger partial charge in [0.2, 0.25) is 0 Å². The van der Waals surface area contributed by atoms with Gasteiger partial charge in [0.25, 0.3) is 0 Å². The monoisotopic (exact) mass is 283 g/mol. The van der Waals surface area contributed by atoms with Gasteiger partial charge < -0.3 is 5.32 Å². The number of hydrogen-bond acceptors (Lipinski definition) is 1. The molecule has 0 bridgehead atoms. The van der Waals surface area contributed by atoms with Gasteiger partial charge in [-0.25, -0.2) is 0 Å². The van der Waals surface area contributed by atoms with Gasteiger partial charge in [-0.2, -0.15) is 0 Å². The highest BCUT2D eigenvalue weighted by molar-refractivity contribution is 6.35. The first-order chi connectivity index (χ1) is 8.72. The lowest BCUT2D eigenvalue weighted by Gasteiger charge is -2.18. The Morgan fingerprint density at radius 2 is 1.83 bits per heavy atom. The molecule has 0 saturated heterocycles. The van der Waals surface area contributed by atoms with Crippen LogP contribution in [0.1, 0.15) is 37.3 Å². The smallest absolute Gasteiger partial charge is 0.0468 e. The van der Waals surface area contributed by atoms with Crippen LogP contribution in [0.15, 0.2) is 18.2 Å². The molecule has 98 valence electrons. The Morgan fingerprint density at radius 3 is 2.39 bits per heavy atom. The summed E-state index contributed by atoms with van der Waals surface area (Å²) in [6.07, 6.45) is 5.61. The molecule has 3 rings (SSSR count). The summed E-state index contributed by atoms with van der Waals surface area (Å²) < 4.78 is 0. The third kappa shape index (κ3) is 2.17. The molecular weight excluding hydrogens is 265 g/mol. The highest BCUT2D eigenvalue weighted by Crippen LogP contribution is 2.60. The van der Waals surface area contributed by atoms with Crippen molar-refractivity contribution in [2.75, 3.05) is 7.05 Å². The fourth-order valence-electron chi connectivity index (χ4n) is 3.85. The summed E-state index contributed by atoms with van der Waals surface area (Å²) in [4.78, 5) is 0. The second-order valence-corrected chi connectivity index (χ2v) is 6.47. The lowest BCUT2D eigenvalue weighted by molar-refractivity contribution is 0.480. The van der Waals surface area contributed by atoms with Crippen molar-refractivity contribution >= 4 is 23.2 Å². The normalized spacial score (nSPS) is 31.8. The number of benzene rings is 1. The zero-order valence-corrected chi connectivity index (χ0v) is 12.1. The van der Waals surface area contributed by atoms with Gasteiger partial charge in [-0.15, -0.1) is 0 Å². The zero-order valence-electron chi connectivity index (χ0n) is 10.6. The number of halogens is 2. The van der Waals surface area contributed by atoms with Crippen LogP contribution in [0, 0.1) is 17.8 Å². The molecule has 2 aliphatic carbocycles. The average Bonchev–Trinajstić information content (AvgIpc) is 3.07. The Morgan fingerprint density at radius 1 is 1.17 bits per heavy atom. The van der Waals surface area contributed by atoms with Crippen LogP contribution in [0.2, 0.25) is 10.0 Å². The van der Waals surface area contributed by atoms with Gasteiger partial charge >= 0.3 is 0 Å². The van der Waals surface area contributed by atoms with E-state index in [4.69, 9.17) is 23.2 Å². The summed E-state index contributed by atoms with van der Waals surface area (Å²) in [5.74, 6) is 2.61. The molecule has 1 nitrogen and oxygen atoms in total. The average molecular weight is 284 g/mol. The lowest BCUT2D eigenvalue weighted by atomic mass is 10.00. The van der Waals surface area contributed by atoms with E-state index < -0.39 is 0 Å². The van der Waals surface area contributed by atoms with Crippen LogP contribution in [0.5, 0.6) is 0 Å². The predicted octanol–water partition coefficient (Wildman–Crippen LogP) is 4.69. The van der Waals surface area contributed by atoms with E-state index in [1.165, 1.54) is 31.2 Å². The molecule has 3 unspecified atom stereocenters. The summed E-state index contributed by atoms with van der Waals surface area (Å²) in [6, 6.07) is 6.27. The Kier molecular flexibility index (Phi) is 3.57. The molecule has 1 aromatic rings. The maximum absolute atomic E-state index is 6.35. The number of fused-ring (bicyclic) bond motifs is 1. The molecule has 3 atom stereocenters. The Labute approximate surface area is 119 Å². The van der Waals surface area contributed by atoms with Gasteiger partial charge in [0.15, 0.2) is 0 Å². The largest absolute Gasteiger partial charge is 0.313 e. The van der Waals surface area contributed by atoms with E-state index in [1.807, 2.05) is 19.2 Å². The quantitative estimate of drug-likeness (QED) is 0.849. The minimum Gasteiger partial charge on any atom is -0.313 e. The fraction of sp³-hybridized carbons (Fsp3) is 0.600. The lowest BCUT2D eigenvalue weighted by Crippen LogP contribution is -2.20. The van der Waals surface area contributed by atoms with Crippen molar-refractivity contribution in [2.24, 2.45) is 17.8 Å². The first kappa shape index (κ1) is 12.8. The molecule has 2 fully saturated rings. The van der Waals surface area contributed by atoms with E-state index in [2.05, 4.69) is 11.4 Å². The van der Waals surface area contributed by atoms with E-state index in [0.29, 0.717) is 11.1 Å². The van der Waals surface area contributed by atoms with Crippen molar-refractivity contribution in [3.8, 4) is 0 Å². The van der Waals surface area contributed by atoms with Crippen LogP contribution in [-0.2, 0) is 0 Å².